The molecule has 0 radical (unpaired) electrons. The molecular formula is C22H25ClIN5O3. The van der Waals surface area contributed by atoms with Crippen LogP contribution in [-0.4, -0.2) is 42.5 Å². The number of halogens is 2. The number of ether oxygens (including phenoxy) is 2. The van der Waals surface area contributed by atoms with E-state index in [-0.39, 0.29) is 30.8 Å². The fourth-order valence-corrected chi connectivity index (χ4v) is 3.32. The van der Waals surface area contributed by atoms with Crippen molar-refractivity contribution in [2.45, 2.75) is 19.8 Å². The molecule has 0 spiro atoms. The number of benzene rings is 2. The molecule has 1 aliphatic heterocycles. The number of aliphatic imine (C=N–C) groups is 1. The van der Waals surface area contributed by atoms with E-state index in [1.807, 2.05) is 49.4 Å². The van der Waals surface area contributed by atoms with Gasteiger partial charge in [-0.2, -0.15) is 4.98 Å². The first-order valence-corrected chi connectivity index (χ1v) is 10.6. The minimum Gasteiger partial charge on any atom is -0.454 e. The highest BCUT2D eigenvalue weighted by Crippen LogP contribution is 2.32. The number of nitrogens with zero attached hydrogens (tertiary/aromatic N) is 3. The van der Waals surface area contributed by atoms with Gasteiger partial charge in [-0.3, -0.25) is 4.99 Å². The average molecular weight is 570 g/mol. The maximum Gasteiger partial charge on any atom is 0.231 e. The third-order valence-corrected chi connectivity index (χ3v) is 4.87. The lowest BCUT2D eigenvalue weighted by molar-refractivity contribution is 0.174. The molecule has 0 fully saturated rings. The van der Waals surface area contributed by atoms with Crippen LogP contribution in [0.5, 0.6) is 11.5 Å². The summed E-state index contributed by atoms with van der Waals surface area (Å²) >= 11 is 6.03. The molecular weight excluding hydrogens is 545 g/mol. The number of rotatable bonds is 8. The number of hydrogen-bond acceptors (Lipinski definition) is 6. The summed E-state index contributed by atoms with van der Waals surface area (Å²) in [6, 6.07) is 13.4. The molecule has 10 heteroatoms. The van der Waals surface area contributed by atoms with E-state index in [1.165, 1.54) is 5.56 Å². The third kappa shape index (κ3) is 6.49. The number of aromatic nitrogens is 2. The minimum absolute atomic E-state index is 0. The fourth-order valence-electron chi connectivity index (χ4n) is 3.13. The smallest absolute Gasteiger partial charge is 0.231 e. The topological polar surface area (TPSA) is 93.8 Å². The van der Waals surface area contributed by atoms with Gasteiger partial charge in [0.1, 0.15) is 0 Å². The van der Waals surface area contributed by atoms with E-state index in [9.17, 15) is 0 Å². The van der Waals surface area contributed by atoms with Gasteiger partial charge in [0.15, 0.2) is 17.5 Å². The molecule has 2 aromatic carbocycles. The summed E-state index contributed by atoms with van der Waals surface area (Å²) in [5, 5.41) is 11.3. The molecule has 0 aliphatic carbocycles. The molecule has 4 rings (SSSR count). The zero-order chi connectivity index (χ0) is 21.5. The molecule has 0 bridgehead atoms. The van der Waals surface area contributed by atoms with Gasteiger partial charge in [0.25, 0.3) is 0 Å². The predicted octanol–water partition coefficient (Wildman–Crippen LogP) is 4.08. The van der Waals surface area contributed by atoms with Gasteiger partial charge in [-0.05, 0) is 43.2 Å². The first-order valence-electron chi connectivity index (χ1n) is 10.2. The Labute approximate surface area is 208 Å². The predicted molar refractivity (Wildman–Crippen MR) is 134 cm³/mol. The van der Waals surface area contributed by atoms with Crippen molar-refractivity contribution in [2.75, 3.05) is 26.4 Å². The summed E-state index contributed by atoms with van der Waals surface area (Å²) < 4.78 is 16.1. The number of fused-ring (bicyclic) bond motifs is 1. The Morgan fingerprint density at radius 2 is 1.97 bits per heavy atom. The first-order chi connectivity index (χ1) is 15.2. The van der Waals surface area contributed by atoms with Crippen molar-refractivity contribution >= 4 is 41.5 Å². The summed E-state index contributed by atoms with van der Waals surface area (Å²) in [4.78, 5) is 9.02. The lowest BCUT2D eigenvalue weighted by atomic mass is 10.1. The highest BCUT2D eigenvalue weighted by atomic mass is 127. The molecule has 0 amide bonds. The zero-order valence-electron chi connectivity index (χ0n) is 17.6. The van der Waals surface area contributed by atoms with Crippen LogP contribution in [0.25, 0.3) is 11.4 Å². The van der Waals surface area contributed by atoms with Crippen molar-refractivity contribution in [3.63, 3.8) is 0 Å². The summed E-state index contributed by atoms with van der Waals surface area (Å²) in [5.74, 6) is 3.41. The second-order valence-electron chi connectivity index (χ2n) is 6.90. The molecule has 0 saturated heterocycles. The number of guanidine groups is 1. The van der Waals surface area contributed by atoms with Crippen LogP contribution in [0.1, 0.15) is 18.4 Å². The molecule has 2 N–H and O–H groups in total. The van der Waals surface area contributed by atoms with Crippen LogP contribution in [0.15, 0.2) is 52.0 Å². The maximum absolute atomic E-state index is 6.03. The molecule has 1 aromatic heterocycles. The highest BCUT2D eigenvalue weighted by Gasteiger charge is 2.13. The zero-order valence-corrected chi connectivity index (χ0v) is 20.7. The molecule has 0 unspecified atom stereocenters. The van der Waals surface area contributed by atoms with E-state index >= 15 is 0 Å². The van der Waals surface area contributed by atoms with Gasteiger partial charge >= 0.3 is 0 Å². The second-order valence-corrected chi connectivity index (χ2v) is 7.33. The summed E-state index contributed by atoms with van der Waals surface area (Å²) in [7, 11) is 0. The fraction of sp³-hybridized carbons (Fsp3) is 0.318. The Bertz CT molecular complexity index is 1060. The van der Waals surface area contributed by atoms with E-state index in [2.05, 4.69) is 25.8 Å². The Balaban J connectivity index is 0.00000289. The molecule has 2 heterocycles. The van der Waals surface area contributed by atoms with Crippen LogP contribution in [0.4, 0.5) is 0 Å². The van der Waals surface area contributed by atoms with Crippen LogP contribution in [0.3, 0.4) is 0 Å². The summed E-state index contributed by atoms with van der Waals surface area (Å²) in [6.07, 6.45) is 1.39. The van der Waals surface area contributed by atoms with E-state index in [0.29, 0.717) is 29.7 Å². The van der Waals surface area contributed by atoms with Crippen molar-refractivity contribution in [3.05, 3.63) is 58.9 Å². The van der Waals surface area contributed by atoms with Gasteiger partial charge in [0, 0.05) is 30.1 Å². The van der Waals surface area contributed by atoms with Crippen LogP contribution >= 0.6 is 35.6 Å². The standard InChI is InChI=1S/C22H24ClN5O3.HI/c1-2-24-22(25-10-8-15-6-7-18-19(12-15)30-14-29-18)26-11-9-20-27-21(28-31-20)16-4-3-5-17(23)13-16;/h3-7,12-13H,2,8-11,14H2,1H3,(H2,24,25,26);1H. The van der Waals surface area contributed by atoms with Crippen LogP contribution < -0.4 is 20.1 Å². The Kier molecular flexibility index (Phi) is 8.98. The molecule has 0 atom stereocenters. The van der Waals surface area contributed by atoms with Crippen molar-refractivity contribution in [1.29, 1.82) is 0 Å². The first kappa shape index (κ1) is 24.1. The minimum atomic E-state index is 0. The molecule has 170 valence electrons. The molecule has 1 aliphatic rings. The Hall–Kier alpha value is -2.53. The third-order valence-electron chi connectivity index (χ3n) is 4.63. The van der Waals surface area contributed by atoms with Gasteiger partial charge in [0.05, 0.1) is 6.54 Å². The Morgan fingerprint density at radius 1 is 1.09 bits per heavy atom. The van der Waals surface area contributed by atoms with Gasteiger partial charge in [-0.1, -0.05) is 35.0 Å². The van der Waals surface area contributed by atoms with Crippen molar-refractivity contribution in [3.8, 4) is 22.9 Å². The summed E-state index contributed by atoms with van der Waals surface area (Å²) in [6.45, 7) is 4.36. The second kappa shape index (κ2) is 11.9. The van der Waals surface area contributed by atoms with Crippen molar-refractivity contribution in [1.82, 2.24) is 20.8 Å². The van der Waals surface area contributed by atoms with Gasteiger partial charge in [-0.25, -0.2) is 0 Å². The molecule has 32 heavy (non-hydrogen) atoms. The molecule has 8 nitrogen and oxygen atoms in total. The number of hydrogen-bond donors (Lipinski definition) is 2. The lowest BCUT2D eigenvalue weighted by Gasteiger charge is -2.11. The SMILES string of the molecule is CCNC(=NCCc1nc(-c2cccc(Cl)c2)no1)NCCc1ccc2c(c1)OCO2.I. The lowest BCUT2D eigenvalue weighted by Crippen LogP contribution is -2.38. The van der Waals surface area contributed by atoms with Gasteiger partial charge in [-0.15, -0.1) is 24.0 Å². The van der Waals surface area contributed by atoms with E-state index in [4.69, 9.17) is 25.6 Å². The maximum atomic E-state index is 6.03. The van der Waals surface area contributed by atoms with Crippen molar-refractivity contribution < 1.29 is 14.0 Å². The number of nitrogens with one attached hydrogen (secondary N) is 2. The highest BCUT2D eigenvalue weighted by molar-refractivity contribution is 14.0. The van der Waals surface area contributed by atoms with E-state index in [0.717, 1.165) is 42.5 Å². The quantitative estimate of drug-likeness (QED) is 0.240. The largest absolute Gasteiger partial charge is 0.454 e. The Morgan fingerprint density at radius 3 is 2.81 bits per heavy atom. The molecule has 0 saturated carbocycles. The van der Waals surface area contributed by atoms with E-state index < -0.39 is 0 Å². The monoisotopic (exact) mass is 569 g/mol. The van der Waals surface area contributed by atoms with Crippen LogP contribution in [-0.2, 0) is 12.8 Å². The van der Waals surface area contributed by atoms with E-state index in [1.54, 1.807) is 0 Å². The normalized spacial score (nSPS) is 12.4. The average Bonchev–Trinajstić information content (AvgIpc) is 3.43. The molecule has 3 aromatic rings. The van der Waals surface area contributed by atoms with Gasteiger partial charge < -0.3 is 24.6 Å². The van der Waals surface area contributed by atoms with Crippen molar-refractivity contribution in [2.24, 2.45) is 4.99 Å². The van der Waals surface area contributed by atoms with Gasteiger partial charge in [0.2, 0.25) is 18.5 Å². The summed E-state index contributed by atoms with van der Waals surface area (Å²) in [5.41, 5.74) is 2.00. The van der Waals surface area contributed by atoms with Crippen LogP contribution in [0, 0.1) is 0 Å². The van der Waals surface area contributed by atoms with Crippen LogP contribution in [0.2, 0.25) is 5.02 Å².